The maximum atomic E-state index is 12.6. The van der Waals surface area contributed by atoms with E-state index in [2.05, 4.69) is 13.8 Å². The van der Waals surface area contributed by atoms with Crippen LogP contribution >= 0.6 is 11.6 Å². The average molecular weight is 352 g/mol. The largest absolute Gasteiger partial charge is 0.417 e. The minimum Gasteiger partial charge on any atom is -0.339 e. The molecule has 0 unspecified atom stereocenters. The van der Waals surface area contributed by atoms with Crippen molar-refractivity contribution < 1.29 is 18.0 Å². The van der Waals surface area contributed by atoms with Gasteiger partial charge in [0, 0.05) is 18.7 Å². The lowest BCUT2D eigenvalue weighted by Crippen LogP contribution is -2.32. The van der Waals surface area contributed by atoms with Gasteiger partial charge in [-0.05, 0) is 31.0 Å². The van der Waals surface area contributed by atoms with Crippen LogP contribution in [0.1, 0.15) is 62.9 Å². The van der Waals surface area contributed by atoms with E-state index in [1.54, 1.807) is 4.90 Å². The molecule has 0 fully saturated rings. The molecule has 132 valence electrons. The zero-order valence-corrected chi connectivity index (χ0v) is 14.9. The molecule has 0 saturated heterocycles. The summed E-state index contributed by atoms with van der Waals surface area (Å²) in [6.45, 7) is 9.28. The number of alkyl halides is 3. The molecule has 0 spiro atoms. The number of hydrogen-bond acceptors (Lipinski definition) is 1. The summed E-state index contributed by atoms with van der Waals surface area (Å²) in [6, 6.07) is 3.12. The van der Waals surface area contributed by atoms with E-state index in [4.69, 9.17) is 11.6 Å². The van der Waals surface area contributed by atoms with Gasteiger partial charge < -0.3 is 4.90 Å². The topological polar surface area (TPSA) is 20.3 Å². The number of rotatable bonds is 5. The Morgan fingerprint density at radius 2 is 1.57 bits per heavy atom. The number of hydrogen-bond donors (Lipinski definition) is 0. The molecule has 0 atom stereocenters. The summed E-state index contributed by atoms with van der Waals surface area (Å²) in [6.07, 6.45) is -1.68. The van der Waals surface area contributed by atoms with Gasteiger partial charge in [0.05, 0.1) is 10.6 Å². The van der Waals surface area contributed by atoms with E-state index in [-0.39, 0.29) is 11.5 Å². The second-order valence-electron chi connectivity index (χ2n) is 5.19. The van der Waals surface area contributed by atoms with Gasteiger partial charge in [0.1, 0.15) is 0 Å². The van der Waals surface area contributed by atoms with Gasteiger partial charge >= 0.3 is 6.18 Å². The first-order valence-electron chi connectivity index (χ1n) is 7.88. The first-order valence-corrected chi connectivity index (χ1v) is 8.26. The summed E-state index contributed by atoms with van der Waals surface area (Å²) >= 11 is 5.63. The smallest absolute Gasteiger partial charge is 0.339 e. The molecule has 1 rings (SSSR count). The summed E-state index contributed by atoms with van der Waals surface area (Å²) in [5.41, 5.74) is -0.738. The van der Waals surface area contributed by atoms with Gasteiger partial charge in [-0.15, -0.1) is 0 Å². The Balaban J connectivity index is 0.00000149. The molecule has 1 amide bonds. The normalized spacial score (nSPS) is 10.8. The highest BCUT2D eigenvalue weighted by atomic mass is 35.5. The highest BCUT2D eigenvalue weighted by molar-refractivity contribution is 6.31. The molecule has 1 aromatic rings. The minimum atomic E-state index is -4.51. The van der Waals surface area contributed by atoms with Gasteiger partial charge in [0.15, 0.2) is 0 Å². The predicted molar refractivity (Wildman–Crippen MR) is 88.9 cm³/mol. The highest BCUT2D eigenvalue weighted by Crippen LogP contribution is 2.35. The van der Waals surface area contributed by atoms with Crippen LogP contribution in [0.15, 0.2) is 18.2 Å². The Hall–Kier alpha value is -1.23. The Labute approximate surface area is 141 Å². The van der Waals surface area contributed by atoms with Gasteiger partial charge in [0.2, 0.25) is 0 Å². The van der Waals surface area contributed by atoms with Crippen LogP contribution in [-0.2, 0) is 6.18 Å². The first-order chi connectivity index (χ1) is 10.7. The van der Waals surface area contributed by atoms with Gasteiger partial charge in [-0.25, -0.2) is 0 Å². The van der Waals surface area contributed by atoms with Crippen molar-refractivity contribution in [1.29, 1.82) is 0 Å². The van der Waals surface area contributed by atoms with Crippen LogP contribution in [0, 0.1) is 0 Å². The SMILES string of the molecule is CCC.CCCN(CCC)C(=O)c1ccc(C(F)(F)F)c(Cl)c1. The maximum absolute atomic E-state index is 12.6. The molecule has 0 radical (unpaired) electrons. The molecule has 0 N–H and O–H groups in total. The van der Waals surface area contributed by atoms with Crippen LogP contribution in [0.3, 0.4) is 0 Å². The molecule has 0 heterocycles. The van der Waals surface area contributed by atoms with E-state index < -0.39 is 16.8 Å². The van der Waals surface area contributed by atoms with E-state index in [0.29, 0.717) is 13.1 Å². The zero-order chi connectivity index (χ0) is 18.0. The molecule has 1 aromatic carbocycles. The van der Waals surface area contributed by atoms with Gasteiger partial charge in [0.25, 0.3) is 5.91 Å². The van der Waals surface area contributed by atoms with E-state index >= 15 is 0 Å². The van der Waals surface area contributed by atoms with Crippen LogP contribution in [0.25, 0.3) is 0 Å². The second kappa shape index (κ2) is 10.5. The number of carbonyl (C=O) groups excluding carboxylic acids is 1. The second-order valence-corrected chi connectivity index (χ2v) is 5.60. The van der Waals surface area contributed by atoms with Gasteiger partial charge in [-0.1, -0.05) is 45.7 Å². The van der Waals surface area contributed by atoms with E-state index in [9.17, 15) is 18.0 Å². The van der Waals surface area contributed by atoms with Crippen molar-refractivity contribution in [3.05, 3.63) is 34.3 Å². The molecule has 0 saturated carbocycles. The fraction of sp³-hybridized carbons (Fsp3) is 0.588. The van der Waals surface area contributed by atoms with Crippen LogP contribution in [0.5, 0.6) is 0 Å². The molecular formula is C17H25ClF3NO. The quantitative estimate of drug-likeness (QED) is 0.633. The van der Waals surface area contributed by atoms with E-state index in [0.717, 1.165) is 25.0 Å². The Morgan fingerprint density at radius 3 is 1.91 bits per heavy atom. The van der Waals surface area contributed by atoms with Crippen LogP contribution < -0.4 is 0 Å². The lowest BCUT2D eigenvalue weighted by atomic mass is 10.1. The standard InChI is InChI=1S/C14H17ClF3NO.C3H8/c1-3-7-19(8-4-2)13(20)10-5-6-11(12(15)9-10)14(16,17)18;1-3-2/h5-6,9H,3-4,7-8H2,1-2H3;3H2,1-2H3. The third-order valence-corrected chi connectivity index (χ3v) is 3.11. The van der Waals surface area contributed by atoms with Crippen molar-refractivity contribution in [2.45, 2.75) is 53.1 Å². The number of nitrogens with zero attached hydrogens (tertiary/aromatic N) is 1. The number of benzene rings is 1. The van der Waals surface area contributed by atoms with Crippen molar-refractivity contribution >= 4 is 17.5 Å². The first kappa shape index (κ1) is 21.8. The Bertz CT molecular complexity index is 483. The number of carbonyl (C=O) groups is 1. The van der Waals surface area contributed by atoms with Crippen LogP contribution in [0.4, 0.5) is 13.2 Å². The van der Waals surface area contributed by atoms with Crippen molar-refractivity contribution in [2.75, 3.05) is 13.1 Å². The molecular weight excluding hydrogens is 327 g/mol. The van der Waals surface area contributed by atoms with Crippen molar-refractivity contribution in [3.63, 3.8) is 0 Å². The molecule has 0 aliphatic heterocycles. The highest BCUT2D eigenvalue weighted by Gasteiger charge is 2.33. The fourth-order valence-electron chi connectivity index (χ4n) is 1.92. The van der Waals surface area contributed by atoms with Gasteiger partial charge in [-0.3, -0.25) is 4.79 Å². The van der Waals surface area contributed by atoms with Crippen LogP contribution in [0.2, 0.25) is 5.02 Å². The average Bonchev–Trinajstić information content (AvgIpc) is 2.45. The molecule has 23 heavy (non-hydrogen) atoms. The van der Waals surface area contributed by atoms with E-state index in [1.807, 2.05) is 13.8 Å². The van der Waals surface area contributed by atoms with E-state index in [1.165, 1.54) is 12.5 Å². The maximum Gasteiger partial charge on any atom is 0.417 e. The molecule has 0 aromatic heterocycles. The summed E-state index contributed by atoms with van der Waals surface area (Å²) in [7, 11) is 0. The van der Waals surface area contributed by atoms with Gasteiger partial charge in [-0.2, -0.15) is 13.2 Å². The molecule has 0 aliphatic rings. The minimum absolute atomic E-state index is 0.185. The predicted octanol–water partition coefficient (Wildman–Crippen LogP) is 6.04. The fourth-order valence-corrected chi connectivity index (χ4v) is 2.20. The third-order valence-electron chi connectivity index (χ3n) is 2.80. The van der Waals surface area contributed by atoms with Crippen molar-refractivity contribution in [3.8, 4) is 0 Å². The number of halogens is 4. The molecule has 2 nitrogen and oxygen atoms in total. The zero-order valence-electron chi connectivity index (χ0n) is 14.1. The Kier molecular flexibility index (Phi) is 9.96. The molecule has 6 heteroatoms. The third kappa shape index (κ3) is 7.25. The Morgan fingerprint density at radius 1 is 1.09 bits per heavy atom. The lowest BCUT2D eigenvalue weighted by Gasteiger charge is -2.22. The van der Waals surface area contributed by atoms with Crippen LogP contribution in [-0.4, -0.2) is 23.9 Å². The molecule has 0 bridgehead atoms. The summed E-state index contributed by atoms with van der Waals surface area (Å²) in [4.78, 5) is 13.8. The lowest BCUT2D eigenvalue weighted by molar-refractivity contribution is -0.137. The summed E-state index contributed by atoms with van der Waals surface area (Å²) in [5, 5.41) is -0.448. The number of amides is 1. The summed E-state index contributed by atoms with van der Waals surface area (Å²) < 4.78 is 37.8. The monoisotopic (exact) mass is 351 g/mol. The van der Waals surface area contributed by atoms with Crippen molar-refractivity contribution in [1.82, 2.24) is 4.90 Å². The summed E-state index contributed by atoms with van der Waals surface area (Å²) in [5.74, 6) is -0.288. The van der Waals surface area contributed by atoms with Crippen molar-refractivity contribution in [2.24, 2.45) is 0 Å². The molecule has 0 aliphatic carbocycles.